The summed E-state index contributed by atoms with van der Waals surface area (Å²) in [6.45, 7) is 3.86. The molecule has 106 valence electrons. The lowest BCUT2D eigenvalue weighted by Crippen LogP contribution is -2.18. The molecule has 0 aliphatic rings. The Morgan fingerprint density at radius 1 is 1.40 bits per heavy atom. The number of rotatable bonds is 3. The third-order valence-corrected chi connectivity index (χ3v) is 3.07. The zero-order valence-electron chi connectivity index (χ0n) is 11.2. The zero-order chi connectivity index (χ0) is 14.9. The van der Waals surface area contributed by atoms with Crippen LogP contribution in [-0.4, -0.2) is 10.5 Å². The van der Waals surface area contributed by atoms with Gasteiger partial charge >= 0.3 is 0 Å². The molecule has 1 amide bonds. The first-order valence-corrected chi connectivity index (χ1v) is 6.50. The molecule has 2 rings (SSSR count). The maximum Gasteiger partial charge on any atom is 0.272 e. The monoisotopic (exact) mass is 295 g/mol. The molecule has 1 aromatic carbocycles. The normalized spacial score (nSPS) is 10.8. The van der Waals surface area contributed by atoms with Gasteiger partial charge in [0, 0.05) is 17.3 Å². The Kier molecular flexibility index (Phi) is 3.99. The van der Waals surface area contributed by atoms with E-state index in [1.54, 1.807) is 16.8 Å². The Bertz CT molecular complexity index is 652. The lowest BCUT2D eigenvalue weighted by atomic mass is 10.2. The van der Waals surface area contributed by atoms with Crippen LogP contribution in [-0.2, 0) is 0 Å². The van der Waals surface area contributed by atoms with Crippen molar-refractivity contribution in [3.8, 4) is 0 Å². The van der Waals surface area contributed by atoms with Crippen molar-refractivity contribution in [2.45, 2.75) is 19.9 Å². The molecule has 0 bridgehead atoms. The van der Waals surface area contributed by atoms with Crippen LogP contribution in [0.2, 0.25) is 5.02 Å². The number of benzene rings is 1. The highest BCUT2D eigenvalue weighted by Gasteiger charge is 2.16. The first kappa shape index (κ1) is 14.4. The predicted molar refractivity (Wildman–Crippen MR) is 78.6 cm³/mol. The number of nitrogens with two attached hydrogens (primary N) is 1. The first-order valence-electron chi connectivity index (χ1n) is 6.12. The van der Waals surface area contributed by atoms with Crippen molar-refractivity contribution in [3.05, 3.63) is 47.0 Å². The fourth-order valence-corrected chi connectivity index (χ4v) is 2.05. The number of hydrogen-bond acceptors (Lipinski definition) is 2. The number of amides is 1. The van der Waals surface area contributed by atoms with Gasteiger partial charge in [-0.15, -0.1) is 0 Å². The van der Waals surface area contributed by atoms with Crippen LogP contribution in [0.3, 0.4) is 0 Å². The van der Waals surface area contributed by atoms with Crippen molar-refractivity contribution >= 4 is 28.9 Å². The average molecular weight is 296 g/mol. The van der Waals surface area contributed by atoms with E-state index in [9.17, 15) is 9.18 Å². The number of anilines is 2. The first-order chi connectivity index (χ1) is 9.38. The minimum Gasteiger partial charge on any atom is -0.397 e. The van der Waals surface area contributed by atoms with Crippen molar-refractivity contribution in [2.24, 2.45) is 0 Å². The van der Waals surface area contributed by atoms with Gasteiger partial charge in [0.05, 0.1) is 11.4 Å². The van der Waals surface area contributed by atoms with Crippen LogP contribution < -0.4 is 11.1 Å². The largest absolute Gasteiger partial charge is 0.397 e. The summed E-state index contributed by atoms with van der Waals surface area (Å²) in [6, 6.07) is 5.71. The molecule has 0 aliphatic carbocycles. The summed E-state index contributed by atoms with van der Waals surface area (Å²) in [5.74, 6) is -1.00. The molecule has 0 saturated carbocycles. The van der Waals surface area contributed by atoms with E-state index in [-0.39, 0.29) is 16.8 Å². The van der Waals surface area contributed by atoms with Crippen molar-refractivity contribution in [1.82, 2.24) is 4.57 Å². The summed E-state index contributed by atoms with van der Waals surface area (Å²) >= 11 is 5.67. The van der Waals surface area contributed by atoms with Crippen LogP contribution in [0, 0.1) is 5.82 Å². The fraction of sp³-hybridized carbons (Fsp3) is 0.214. The van der Waals surface area contributed by atoms with Crippen LogP contribution in [0.1, 0.15) is 30.4 Å². The summed E-state index contributed by atoms with van der Waals surface area (Å²) in [5.41, 5.74) is 6.65. The van der Waals surface area contributed by atoms with Gasteiger partial charge in [-0.05, 0) is 38.1 Å². The van der Waals surface area contributed by atoms with Crippen LogP contribution in [0.4, 0.5) is 15.8 Å². The minimum atomic E-state index is -0.582. The third kappa shape index (κ3) is 2.93. The minimum absolute atomic E-state index is 0.0723. The molecule has 0 fully saturated rings. The van der Waals surface area contributed by atoms with Crippen molar-refractivity contribution < 1.29 is 9.18 Å². The molecule has 6 heteroatoms. The van der Waals surface area contributed by atoms with Crippen molar-refractivity contribution in [2.75, 3.05) is 11.1 Å². The highest BCUT2D eigenvalue weighted by molar-refractivity contribution is 6.30. The van der Waals surface area contributed by atoms with Gasteiger partial charge in [-0.1, -0.05) is 11.6 Å². The molecule has 0 spiro atoms. The number of nitrogens with zero attached hydrogens (tertiary/aromatic N) is 1. The van der Waals surface area contributed by atoms with Crippen LogP contribution >= 0.6 is 11.6 Å². The van der Waals surface area contributed by atoms with Gasteiger partial charge in [-0.2, -0.15) is 0 Å². The van der Waals surface area contributed by atoms with Gasteiger partial charge in [0.1, 0.15) is 11.5 Å². The van der Waals surface area contributed by atoms with E-state index in [1.807, 2.05) is 13.8 Å². The lowest BCUT2D eigenvalue weighted by molar-refractivity contribution is 0.101. The smallest absolute Gasteiger partial charge is 0.272 e. The van der Waals surface area contributed by atoms with E-state index in [4.69, 9.17) is 17.3 Å². The van der Waals surface area contributed by atoms with E-state index in [2.05, 4.69) is 5.32 Å². The molecule has 4 nitrogen and oxygen atoms in total. The van der Waals surface area contributed by atoms with E-state index in [0.29, 0.717) is 11.4 Å². The molecule has 0 aliphatic heterocycles. The molecule has 0 unspecified atom stereocenters. The van der Waals surface area contributed by atoms with Gasteiger partial charge in [-0.3, -0.25) is 4.79 Å². The second-order valence-corrected chi connectivity index (χ2v) is 5.17. The molecular weight excluding hydrogens is 281 g/mol. The highest BCUT2D eigenvalue weighted by Crippen LogP contribution is 2.21. The number of halogens is 2. The number of carbonyl (C=O) groups excluding carboxylic acids is 1. The molecule has 20 heavy (non-hydrogen) atoms. The Balaban J connectivity index is 2.28. The molecule has 2 aromatic rings. The second-order valence-electron chi connectivity index (χ2n) is 4.74. The third-order valence-electron chi connectivity index (χ3n) is 2.84. The number of nitrogens with one attached hydrogen (secondary N) is 1. The molecule has 0 radical (unpaired) electrons. The molecule has 0 atom stereocenters. The fourth-order valence-electron chi connectivity index (χ4n) is 1.89. The molecular formula is C14H15ClFN3O. The predicted octanol–water partition coefficient (Wildman–Crippen LogP) is 3.70. The van der Waals surface area contributed by atoms with Crippen LogP contribution in [0.5, 0.6) is 0 Å². The Morgan fingerprint density at radius 2 is 2.10 bits per heavy atom. The van der Waals surface area contributed by atoms with Crippen molar-refractivity contribution in [3.63, 3.8) is 0 Å². The summed E-state index contributed by atoms with van der Waals surface area (Å²) in [5, 5.41) is 2.79. The highest BCUT2D eigenvalue weighted by atomic mass is 35.5. The van der Waals surface area contributed by atoms with Gasteiger partial charge in [0.15, 0.2) is 0 Å². The van der Waals surface area contributed by atoms with Crippen LogP contribution in [0.25, 0.3) is 0 Å². The Morgan fingerprint density at radius 3 is 2.70 bits per heavy atom. The summed E-state index contributed by atoms with van der Waals surface area (Å²) < 4.78 is 15.4. The second kappa shape index (κ2) is 5.54. The Hall–Kier alpha value is -2.01. The van der Waals surface area contributed by atoms with Gasteiger partial charge in [-0.25, -0.2) is 4.39 Å². The molecule has 1 aromatic heterocycles. The SMILES string of the molecule is CC(C)n1cc(N)cc1C(=O)Nc1ccc(Cl)cc1F. The Labute approximate surface area is 121 Å². The average Bonchev–Trinajstić information content (AvgIpc) is 2.75. The quantitative estimate of drug-likeness (QED) is 0.907. The standard InChI is InChI=1S/C14H15ClFN3O/c1-8(2)19-7-10(17)6-13(19)14(20)18-12-4-3-9(15)5-11(12)16/h3-8H,17H2,1-2H3,(H,18,20). The number of carbonyl (C=O) groups is 1. The van der Waals surface area contributed by atoms with E-state index in [0.717, 1.165) is 6.07 Å². The number of aromatic nitrogens is 1. The molecule has 3 N–H and O–H groups in total. The van der Waals surface area contributed by atoms with Crippen LogP contribution in [0.15, 0.2) is 30.5 Å². The topological polar surface area (TPSA) is 60.0 Å². The maximum atomic E-state index is 13.7. The van der Waals surface area contributed by atoms with Gasteiger partial charge in [0.25, 0.3) is 5.91 Å². The summed E-state index contributed by atoms with van der Waals surface area (Å²) in [6.07, 6.45) is 1.68. The zero-order valence-corrected chi connectivity index (χ0v) is 11.9. The molecule has 0 saturated heterocycles. The van der Waals surface area contributed by atoms with E-state index in [1.165, 1.54) is 12.1 Å². The summed E-state index contributed by atoms with van der Waals surface area (Å²) in [7, 11) is 0. The number of nitrogen functional groups attached to an aromatic ring is 1. The van der Waals surface area contributed by atoms with E-state index < -0.39 is 11.7 Å². The van der Waals surface area contributed by atoms with E-state index >= 15 is 0 Å². The molecule has 1 heterocycles. The van der Waals surface area contributed by atoms with Gasteiger partial charge < -0.3 is 15.6 Å². The number of hydrogen-bond donors (Lipinski definition) is 2. The summed E-state index contributed by atoms with van der Waals surface area (Å²) in [4.78, 5) is 12.2. The van der Waals surface area contributed by atoms with Crippen molar-refractivity contribution in [1.29, 1.82) is 0 Å². The maximum absolute atomic E-state index is 13.7. The van der Waals surface area contributed by atoms with Gasteiger partial charge in [0.2, 0.25) is 0 Å². The lowest BCUT2D eigenvalue weighted by Gasteiger charge is -2.13.